The van der Waals surface area contributed by atoms with E-state index >= 15 is 0 Å². The Labute approximate surface area is 252 Å². The molecule has 222 valence electrons. The molecule has 4 aromatic rings. The highest BCUT2D eigenvalue weighted by atomic mass is 32.1. The second-order valence-electron chi connectivity index (χ2n) is 11.0. The number of hydrogen-bond donors (Lipinski definition) is 2. The van der Waals surface area contributed by atoms with E-state index in [2.05, 4.69) is 10.6 Å². The number of anilines is 1. The van der Waals surface area contributed by atoms with Gasteiger partial charge in [0.15, 0.2) is 0 Å². The smallest absolute Gasteiger partial charge is 0.407 e. The molecule has 10 heteroatoms. The van der Waals surface area contributed by atoms with E-state index in [1.807, 2.05) is 11.4 Å². The molecule has 2 amide bonds. The molecule has 43 heavy (non-hydrogen) atoms. The van der Waals surface area contributed by atoms with Crippen molar-refractivity contribution in [3.63, 3.8) is 0 Å². The molecule has 3 aromatic carbocycles. The van der Waals surface area contributed by atoms with Crippen LogP contribution in [0, 0.1) is 5.82 Å². The van der Waals surface area contributed by atoms with Gasteiger partial charge in [0.1, 0.15) is 17.2 Å². The van der Waals surface area contributed by atoms with Crippen molar-refractivity contribution in [3.8, 4) is 27.3 Å². The molecule has 0 aliphatic carbocycles. The minimum atomic E-state index is -0.659. The molecule has 0 unspecified atom stereocenters. The lowest BCUT2D eigenvalue weighted by Crippen LogP contribution is -2.32. The topological polar surface area (TPSA) is 103 Å². The van der Waals surface area contributed by atoms with Gasteiger partial charge < -0.3 is 24.8 Å². The van der Waals surface area contributed by atoms with E-state index < -0.39 is 29.4 Å². The second-order valence-corrected chi connectivity index (χ2v) is 11.9. The summed E-state index contributed by atoms with van der Waals surface area (Å²) in [6.07, 6.45) is 0.176. The molecular weight excluding hydrogens is 571 g/mol. The largest absolute Gasteiger partial charge is 0.493 e. The monoisotopic (exact) mass is 602 g/mol. The highest BCUT2D eigenvalue weighted by Crippen LogP contribution is 2.43. The van der Waals surface area contributed by atoms with Crippen LogP contribution in [0.25, 0.3) is 21.6 Å². The van der Waals surface area contributed by atoms with E-state index in [0.29, 0.717) is 30.0 Å². The van der Waals surface area contributed by atoms with Crippen LogP contribution in [0.3, 0.4) is 0 Å². The Morgan fingerprint density at radius 1 is 0.953 bits per heavy atom. The summed E-state index contributed by atoms with van der Waals surface area (Å²) >= 11 is 1.55. The number of benzene rings is 3. The Morgan fingerprint density at radius 3 is 2.42 bits per heavy atom. The Morgan fingerprint density at radius 2 is 1.70 bits per heavy atom. The number of alkyl carbamates (subject to hydrolysis) is 1. The number of halogens is 1. The molecule has 0 bridgehead atoms. The standard InChI is InChI=1S/C33H31FN2O6S/c1-33(2,3)42-32(39)35-18-19-5-8-22(9-6-19)36-30(37)26-16-27-28(41-13-11-20-12-14-43-29(20)27)17-25(26)24-15-21(34)7-10-23(24)31(38)40-4/h5-10,12,14-17H,11,13,18H2,1-4H3,(H,35,39)(H,36,37). The molecule has 1 aliphatic rings. The Balaban J connectivity index is 1.49. The van der Waals surface area contributed by atoms with Crippen LogP contribution in [0.5, 0.6) is 5.75 Å². The lowest BCUT2D eigenvalue weighted by Gasteiger charge is -2.19. The van der Waals surface area contributed by atoms with Gasteiger partial charge in [0, 0.05) is 40.2 Å². The number of methoxy groups -OCH3 is 1. The second kappa shape index (κ2) is 12.3. The number of esters is 1. The van der Waals surface area contributed by atoms with Crippen LogP contribution in [0.2, 0.25) is 0 Å². The third kappa shape index (κ3) is 6.86. The van der Waals surface area contributed by atoms with Crippen LogP contribution in [-0.4, -0.2) is 37.3 Å². The summed E-state index contributed by atoms with van der Waals surface area (Å²) in [4.78, 5) is 39.5. The maximum atomic E-state index is 14.6. The molecule has 0 saturated heterocycles. The van der Waals surface area contributed by atoms with Gasteiger partial charge in [0.2, 0.25) is 0 Å². The summed E-state index contributed by atoms with van der Waals surface area (Å²) in [5.74, 6) is -1.15. The molecule has 0 atom stereocenters. The van der Waals surface area contributed by atoms with Crippen molar-refractivity contribution in [2.24, 2.45) is 0 Å². The first kappa shape index (κ1) is 29.8. The normalized spacial score (nSPS) is 12.2. The summed E-state index contributed by atoms with van der Waals surface area (Å²) in [7, 11) is 1.24. The highest BCUT2D eigenvalue weighted by Gasteiger charge is 2.26. The van der Waals surface area contributed by atoms with E-state index in [4.69, 9.17) is 14.2 Å². The zero-order chi connectivity index (χ0) is 30.7. The lowest BCUT2D eigenvalue weighted by molar-refractivity contribution is 0.0522. The fourth-order valence-electron chi connectivity index (χ4n) is 4.75. The molecule has 1 aliphatic heterocycles. The maximum absolute atomic E-state index is 14.6. The van der Waals surface area contributed by atoms with E-state index in [1.165, 1.54) is 25.3 Å². The molecule has 2 heterocycles. The van der Waals surface area contributed by atoms with Crippen LogP contribution in [0.15, 0.2) is 66.0 Å². The molecular formula is C33H31FN2O6S. The Kier molecular flexibility index (Phi) is 8.50. The van der Waals surface area contributed by atoms with Crippen molar-refractivity contribution in [2.45, 2.75) is 39.3 Å². The van der Waals surface area contributed by atoms with Gasteiger partial charge in [-0.3, -0.25) is 4.79 Å². The van der Waals surface area contributed by atoms with Crippen LogP contribution >= 0.6 is 11.3 Å². The predicted octanol–water partition coefficient (Wildman–Crippen LogP) is 7.22. The number of amides is 2. The zero-order valence-electron chi connectivity index (χ0n) is 24.2. The van der Waals surface area contributed by atoms with E-state index in [9.17, 15) is 18.8 Å². The van der Waals surface area contributed by atoms with Crippen molar-refractivity contribution in [1.82, 2.24) is 5.32 Å². The van der Waals surface area contributed by atoms with Gasteiger partial charge in [-0.1, -0.05) is 12.1 Å². The van der Waals surface area contributed by atoms with E-state index in [1.54, 1.807) is 68.5 Å². The fourth-order valence-corrected chi connectivity index (χ4v) is 5.72. The summed E-state index contributed by atoms with van der Waals surface area (Å²) in [5, 5.41) is 7.61. The third-order valence-corrected chi connectivity index (χ3v) is 7.70. The predicted molar refractivity (Wildman–Crippen MR) is 163 cm³/mol. The number of carbonyl (C=O) groups excluding carboxylic acids is 3. The average Bonchev–Trinajstić information content (AvgIpc) is 3.36. The van der Waals surface area contributed by atoms with Crippen molar-refractivity contribution < 1.29 is 33.0 Å². The third-order valence-electron chi connectivity index (χ3n) is 6.71. The fraction of sp³-hybridized carbons (Fsp3) is 0.242. The minimum Gasteiger partial charge on any atom is -0.493 e. The summed E-state index contributed by atoms with van der Waals surface area (Å²) in [6, 6.07) is 16.2. The number of rotatable bonds is 6. The summed E-state index contributed by atoms with van der Waals surface area (Å²) in [5.41, 5.74) is 3.45. The number of ether oxygens (including phenoxy) is 3. The van der Waals surface area contributed by atoms with Gasteiger partial charge >= 0.3 is 12.1 Å². The Hall–Kier alpha value is -4.70. The summed E-state index contributed by atoms with van der Waals surface area (Å²) in [6.45, 7) is 6.05. The number of nitrogens with one attached hydrogen (secondary N) is 2. The highest BCUT2D eigenvalue weighted by molar-refractivity contribution is 7.13. The van der Waals surface area contributed by atoms with Gasteiger partial charge in [-0.15, -0.1) is 11.3 Å². The van der Waals surface area contributed by atoms with Gasteiger partial charge in [0.25, 0.3) is 5.91 Å². The number of hydrogen-bond acceptors (Lipinski definition) is 7. The molecule has 0 saturated carbocycles. The quantitative estimate of drug-likeness (QED) is 0.226. The summed E-state index contributed by atoms with van der Waals surface area (Å²) < 4.78 is 30.8. The van der Waals surface area contributed by atoms with Gasteiger partial charge in [0.05, 0.1) is 19.3 Å². The van der Waals surface area contributed by atoms with Crippen molar-refractivity contribution in [2.75, 3.05) is 19.0 Å². The Bertz CT molecular complexity index is 1690. The average molecular weight is 603 g/mol. The number of carbonyl (C=O) groups is 3. The molecule has 5 rings (SSSR count). The molecule has 2 N–H and O–H groups in total. The molecule has 0 spiro atoms. The molecule has 1 aromatic heterocycles. The zero-order valence-corrected chi connectivity index (χ0v) is 25.0. The first-order valence-corrected chi connectivity index (χ1v) is 14.5. The SMILES string of the molecule is COC(=O)c1ccc(F)cc1-c1cc2c(cc1C(=O)Nc1ccc(CNC(=O)OC(C)(C)C)cc1)-c1sccc1CCO2. The van der Waals surface area contributed by atoms with Crippen LogP contribution in [0.4, 0.5) is 14.9 Å². The lowest BCUT2D eigenvalue weighted by atomic mass is 9.92. The van der Waals surface area contributed by atoms with E-state index in [-0.39, 0.29) is 23.2 Å². The van der Waals surface area contributed by atoms with Crippen LogP contribution < -0.4 is 15.4 Å². The molecule has 8 nitrogen and oxygen atoms in total. The van der Waals surface area contributed by atoms with Crippen molar-refractivity contribution in [1.29, 1.82) is 0 Å². The van der Waals surface area contributed by atoms with Gasteiger partial charge in [-0.05, 0) is 91.4 Å². The first-order chi connectivity index (χ1) is 20.5. The molecule has 0 fully saturated rings. The minimum absolute atomic E-state index is 0.116. The first-order valence-electron chi connectivity index (χ1n) is 13.7. The van der Waals surface area contributed by atoms with Crippen LogP contribution in [-0.2, 0) is 22.4 Å². The van der Waals surface area contributed by atoms with E-state index in [0.717, 1.165) is 21.6 Å². The van der Waals surface area contributed by atoms with Crippen molar-refractivity contribution in [3.05, 3.63) is 94.1 Å². The number of thiophene rings is 1. The number of fused-ring (bicyclic) bond motifs is 3. The molecule has 0 radical (unpaired) electrons. The maximum Gasteiger partial charge on any atom is 0.407 e. The van der Waals surface area contributed by atoms with Gasteiger partial charge in [-0.25, -0.2) is 14.0 Å². The van der Waals surface area contributed by atoms with Gasteiger partial charge in [-0.2, -0.15) is 0 Å². The van der Waals surface area contributed by atoms with Crippen molar-refractivity contribution >= 4 is 35.0 Å². The van der Waals surface area contributed by atoms with Crippen LogP contribution in [0.1, 0.15) is 52.6 Å².